The standard InChI is InChI=1S/C19H28NO7S3/c1-4-11(5-2)17(23)26-9-27-18(24)14-19(28-12-6-7-30(25)8-12)29-16-13(10(3)21)15(22)20(14)16/h10-13,16,21,25H,4-9H2,1-3H3/q+1. The lowest BCUT2D eigenvalue weighted by Gasteiger charge is -2.43. The second-order valence-corrected chi connectivity index (χ2v) is 11.9. The van der Waals surface area contributed by atoms with Crippen molar-refractivity contribution in [3.63, 3.8) is 0 Å². The maximum absolute atomic E-state index is 12.8. The molecule has 30 heavy (non-hydrogen) atoms. The maximum Gasteiger partial charge on any atom is 0.359 e. The highest BCUT2D eigenvalue weighted by molar-refractivity contribution is 8.23. The Bertz CT molecular complexity index is 725. The number of hydrogen-bond donors (Lipinski definition) is 2. The molecule has 0 aromatic heterocycles. The van der Waals surface area contributed by atoms with Gasteiger partial charge in [0.05, 0.1) is 27.4 Å². The van der Waals surface area contributed by atoms with E-state index in [2.05, 4.69) is 0 Å². The van der Waals surface area contributed by atoms with Crippen molar-refractivity contribution in [3.8, 4) is 0 Å². The molecule has 0 radical (unpaired) electrons. The Balaban J connectivity index is 1.68. The molecule has 0 aromatic carbocycles. The first-order valence-electron chi connectivity index (χ1n) is 10.1. The first-order chi connectivity index (χ1) is 14.3. The lowest BCUT2D eigenvalue weighted by molar-refractivity contribution is -0.172. The van der Waals surface area contributed by atoms with Crippen LogP contribution in [0.1, 0.15) is 40.0 Å². The minimum atomic E-state index is -0.816. The van der Waals surface area contributed by atoms with Gasteiger partial charge in [0.15, 0.2) is 11.4 Å². The van der Waals surface area contributed by atoms with Crippen molar-refractivity contribution >= 4 is 52.5 Å². The number of β-lactam (4-membered cyclic amide) rings is 1. The summed E-state index contributed by atoms with van der Waals surface area (Å²) in [5.74, 6) is -0.856. The Kier molecular flexibility index (Phi) is 8.05. The molecule has 3 heterocycles. The second kappa shape index (κ2) is 10.2. The van der Waals surface area contributed by atoms with Crippen LogP contribution in [-0.4, -0.2) is 67.4 Å². The fraction of sp³-hybridized carbons (Fsp3) is 0.737. The molecular formula is C19H28NO7S3+. The zero-order chi connectivity index (χ0) is 22.0. The Morgan fingerprint density at radius 2 is 2.03 bits per heavy atom. The molecule has 0 bridgehead atoms. The average Bonchev–Trinajstić information content (AvgIpc) is 3.23. The number of esters is 2. The number of carbonyl (C=O) groups excluding carboxylic acids is 3. The van der Waals surface area contributed by atoms with E-state index in [1.54, 1.807) is 6.92 Å². The topological polar surface area (TPSA) is 113 Å². The third kappa shape index (κ3) is 4.79. The lowest BCUT2D eigenvalue weighted by atomic mass is 9.92. The number of aliphatic hydroxyl groups excluding tert-OH is 1. The average molecular weight is 479 g/mol. The van der Waals surface area contributed by atoms with Crippen molar-refractivity contribution in [1.82, 2.24) is 4.90 Å². The molecule has 1 amide bonds. The highest BCUT2D eigenvalue weighted by Gasteiger charge is 2.58. The van der Waals surface area contributed by atoms with Crippen LogP contribution in [0.4, 0.5) is 0 Å². The van der Waals surface area contributed by atoms with Crippen LogP contribution in [0.15, 0.2) is 9.93 Å². The maximum atomic E-state index is 12.8. The molecule has 2 saturated heterocycles. The molecule has 11 heteroatoms. The molecule has 2 fully saturated rings. The van der Waals surface area contributed by atoms with E-state index >= 15 is 0 Å². The number of fused-ring (bicyclic) bond motifs is 1. The van der Waals surface area contributed by atoms with Gasteiger partial charge in [-0.2, -0.15) is 4.55 Å². The first kappa shape index (κ1) is 23.8. The number of hydrogen-bond acceptors (Lipinski definition) is 9. The van der Waals surface area contributed by atoms with Crippen molar-refractivity contribution in [2.24, 2.45) is 11.8 Å². The van der Waals surface area contributed by atoms with Crippen LogP contribution in [-0.2, 0) is 35.0 Å². The van der Waals surface area contributed by atoms with Gasteiger partial charge in [-0.05, 0) is 19.8 Å². The van der Waals surface area contributed by atoms with E-state index in [9.17, 15) is 24.0 Å². The fourth-order valence-corrected chi connectivity index (χ4v) is 8.95. The minimum absolute atomic E-state index is 0.153. The summed E-state index contributed by atoms with van der Waals surface area (Å²) >= 11 is 2.24. The summed E-state index contributed by atoms with van der Waals surface area (Å²) in [6, 6.07) is 0. The zero-order valence-electron chi connectivity index (χ0n) is 17.2. The lowest BCUT2D eigenvalue weighted by Crippen LogP contribution is -2.60. The summed E-state index contributed by atoms with van der Waals surface area (Å²) in [7, 11) is 0. The molecular weight excluding hydrogens is 450 g/mol. The van der Waals surface area contributed by atoms with Crippen molar-refractivity contribution in [2.45, 2.75) is 56.8 Å². The molecule has 2 N–H and O–H groups in total. The monoisotopic (exact) mass is 478 g/mol. The fourth-order valence-electron chi connectivity index (χ4n) is 3.67. The van der Waals surface area contributed by atoms with Gasteiger partial charge in [-0.15, -0.1) is 11.8 Å². The second-order valence-electron chi connectivity index (χ2n) is 7.51. The number of ether oxygens (including phenoxy) is 2. The van der Waals surface area contributed by atoms with Crippen molar-refractivity contribution < 1.29 is 33.5 Å². The van der Waals surface area contributed by atoms with Gasteiger partial charge in [0.25, 0.3) is 0 Å². The predicted molar refractivity (Wildman–Crippen MR) is 117 cm³/mol. The first-order valence-corrected chi connectivity index (χ1v) is 13.3. The third-order valence-corrected chi connectivity index (χ3v) is 10.1. The molecule has 0 aromatic rings. The van der Waals surface area contributed by atoms with Gasteiger partial charge in [0.2, 0.25) is 12.7 Å². The Morgan fingerprint density at radius 3 is 2.60 bits per heavy atom. The van der Waals surface area contributed by atoms with Crippen LogP contribution in [0.5, 0.6) is 0 Å². The van der Waals surface area contributed by atoms with Gasteiger partial charge < -0.3 is 14.6 Å². The van der Waals surface area contributed by atoms with Gasteiger partial charge in [0.1, 0.15) is 22.3 Å². The number of carbonyl (C=O) groups is 3. The van der Waals surface area contributed by atoms with E-state index in [1.807, 2.05) is 13.8 Å². The van der Waals surface area contributed by atoms with Crippen LogP contribution in [0.25, 0.3) is 0 Å². The molecule has 0 saturated carbocycles. The van der Waals surface area contributed by atoms with Crippen LogP contribution in [0.3, 0.4) is 0 Å². The van der Waals surface area contributed by atoms with E-state index in [0.29, 0.717) is 22.8 Å². The van der Waals surface area contributed by atoms with E-state index in [4.69, 9.17) is 9.47 Å². The van der Waals surface area contributed by atoms with Crippen LogP contribution in [0, 0.1) is 11.8 Å². The Morgan fingerprint density at radius 1 is 1.33 bits per heavy atom. The largest absolute Gasteiger partial charge is 0.428 e. The van der Waals surface area contributed by atoms with E-state index < -0.39 is 41.9 Å². The zero-order valence-corrected chi connectivity index (χ0v) is 19.7. The van der Waals surface area contributed by atoms with Crippen molar-refractivity contribution in [2.75, 3.05) is 18.3 Å². The summed E-state index contributed by atoms with van der Waals surface area (Å²) < 4.78 is 20.7. The molecule has 0 aliphatic carbocycles. The number of thioether (sulfide) groups is 2. The smallest absolute Gasteiger partial charge is 0.359 e. The van der Waals surface area contributed by atoms with Crippen LogP contribution in [0.2, 0.25) is 0 Å². The molecule has 168 valence electrons. The number of nitrogens with zero attached hydrogens (tertiary/aromatic N) is 1. The summed E-state index contributed by atoms with van der Waals surface area (Å²) in [5.41, 5.74) is 0.153. The highest BCUT2D eigenvalue weighted by Crippen LogP contribution is 2.55. The van der Waals surface area contributed by atoms with Gasteiger partial charge in [-0.3, -0.25) is 14.5 Å². The van der Waals surface area contributed by atoms with Crippen LogP contribution >= 0.6 is 23.5 Å². The molecule has 5 atom stereocenters. The van der Waals surface area contributed by atoms with Gasteiger partial charge in [-0.25, -0.2) is 4.79 Å². The van der Waals surface area contributed by atoms with E-state index in [1.165, 1.54) is 28.4 Å². The number of rotatable bonds is 9. The minimum Gasteiger partial charge on any atom is -0.428 e. The summed E-state index contributed by atoms with van der Waals surface area (Å²) in [5, 5.41) is 9.75. The van der Waals surface area contributed by atoms with E-state index in [0.717, 1.165) is 12.2 Å². The van der Waals surface area contributed by atoms with Crippen molar-refractivity contribution in [1.29, 1.82) is 0 Å². The highest BCUT2D eigenvalue weighted by atomic mass is 32.2. The molecule has 8 nitrogen and oxygen atoms in total. The summed E-state index contributed by atoms with van der Waals surface area (Å²) in [4.78, 5) is 38.7. The summed E-state index contributed by atoms with van der Waals surface area (Å²) in [6.45, 7) is 4.84. The van der Waals surface area contributed by atoms with Gasteiger partial charge >= 0.3 is 11.9 Å². The van der Waals surface area contributed by atoms with Crippen LogP contribution < -0.4 is 0 Å². The predicted octanol–water partition coefficient (Wildman–Crippen LogP) is 2.14. The van der Waals surface area contributed by atoms with Gasteiger partial charge in [-0.1, -0.05) is 25.6 Å². The SMILES string of the molecule is CCC(CC)C(=O)OCOC(=O)C1=C(SC2CC[S+](O)C2)SC2C(C(C)O)C(=O)N12. The molecule has 3 rings (SSSR count). The summed E-state index contributed by atoms with van der Waals surface area (Å²) in [6.07, 6.45) is 1.31. The van der Waals surface area contributed by atoms with Gasteiger partial charge in [0, 0.05) is 6.42 Å². The Hall–Kier alpha value is -0.880. The van der Waals surface area contributed by atoms with Crippen molar-refractivity contribution in [3.05, 3.63) is 9.93 Å². The number of amides is 1. The Labute approximate surface area is 187 Å². The van der Waals surface area contributed by atoms with E-state index in [-0.39, 0.29) is 28.1 Å². The quantitative estimate of drug-likeness (QED) is 0.223. The molecule has 0 spiro atoms. The third-order valence-electron chi connectivity index (χ3n) is 5.50. The molecule has 3 aliphatic rings. The molecule has 3 aliphatic heterocycles. The molecule has 5 unspecified atom stereocenters. The normalized spacial score (nSPS) is 29.1. The number of aliphatic hydroxyl groups is 1.